The maximum absolute atomic E-state index is 12.3. The number of hydrazine groups is 1. The van der Waals surface area contributed by atoms with Gasteiger partial charge in [-0.25, -0.2) is 0 Å². The van der Waals surface area contributed by atoms with E-state index in [0.717, 1.165) is 6.42 Å². The van der Waals surface area contributed by atoms with Crippen molar-refractivity contribution in [1.29, 1.82) is 0 Å². The number of ether oxygens (including phenoxy) is 1. The molecule has 0 saturated heterocycles. The van der Waals surface area contributed by atoms with Crippen LogP contribution in [0, 0.1) is 6.92 Å². The van der Waals surface area contributed by atoms with Gasteiger partial charge in [-0.15, -0.1) is 5.10 Å². The second-order valence-electron chi connectivity index (χ2n) is 6.62. The molecule has 0 aliphatic heterocycles. The van der Waals surface area contributed by atoms with Crippen LogP contribution in [0.2, 0.25) is 0 Å². The second-order valence-corrected chi connectivity index (χ2v) is 7.03. The van der Waals surface area contributed by atoms with Gasteiger partial charge >= 0.3 is 0 Å². The fourth-order valence-electron chi connectivity index (χ4n) is 2.63. The Morgan fingerprint density at radius 3 is 2.39 bits per heavy atom. The molecule has 0 bridgehead atoms. The van der Waals surface area contributed by atoms with Crippen LogP contribution in [0.4, 0.5) is 0 Å². The average Bonchev–Trinajstić information content (AvgIpc) is 3.11. The average molecular weight is 439 g/mol. The van der Waals surface area contributed by atoms with Crippen molar-refractivity contribution in [3.8, 4) is 5.75 Å². The Kier molecular flexibility index (Phi) is 7.28. The third-order valence-corrected chi connectivity index (χ3v) is 4.66. The van der Waals surface area contributed by atoms with Crippen LogP contribution < -0.4 is 20.9 Å². The predicted octanol–water partition coefficient (Wildman–Crippen LogP) is 1.69. The zero-order valence-corrected chi connectivity index (χ0v) is 17.9. The molecule has 0 aliphatic carbocycles. The van der Waals surface area contributed by atoms with Gasteiger partial charge in [0.25, 0.3) is 11.8 Å². The zero-order chi connectivity index (χ0) is 22.2. The molecule has 3 N–H and O–H groups in total. The van der Waals surface area contributed by atoms with E-state index in [2.05, 4.69) is 26.5 Å². The van der Waals surface area contributed by atoms with Crippen molar-refractivity contribution in [2.75, 3.05) is 6.61 Å². The fraction of sp³-hybridized carbons (Fsp3) is 0.190. The Labute approximate surface area is 184 Å². The Bertz CT molecular complexity index is 1070. The number of hydrogen-bond acceptors (Lipinski definition) is 6. The molecule has 0 radical (unpaired) electrons. The molecule has 1 aromatic heterocycles. The maximum atomic E-state index is 12.3. The highest BCUT2D eigenvalue weighted by Crippen LogP contribution is 2.13. The molecule has 2 amide bonds. The summed E-state index contributed by atoms with van der Waals surface area (Å²) in [6.07, 6.45) is 0.794. The number of amides is 2. The van der Waals surface area contributed by atoms with Crippen molar-refractivity contribution in [3.05, 3.63) is 77.1 Å². The van der Waals surface area contributed by atoms with E-state index in [1.165, 1.54) is 10.2 Å². The molecule has 0 unspecified atom stereocenters. The summed E-state index contributed by atoms with van der Waals surface area (Å²) in [6, 6.07) is 16.8. The first-order chi connectivity index (χ1) is 14.9. The molecular formula is C21H22N6O3S. The monoisotopic (exact) mass is 438 g/mol. The van der Waals surface area contributed by atoms with Gasteiger partial charge in [-0.3, -0.25) is 30.4 Å². The van der Waals surface area contributed by atoms with E-state index in [4.69, 9.17) is 17.0 Å². The fourth-order valence-corrected chi connectivity index (χ4v) is 2.77. The Hall–Kier alpha value is -3.79. The van der Waals surface area contributed by atoms with E-state index in [1.54, 1.807) is 38.2 Å². The Balaban J connectivity index is 1.43. The molecule has 31 heavy (non-hydrogen) atoms. The normalized spacial score (nSPS) is 10.3. The summed E-state index contributed by atoms with van der Waals surface area (Å²) >= 11 is 5.04. The molecule has 2 aromatic carbocycles. The largest absolute Gasteiger partial charge is 0.493 e. The third-order valence-electron chi connectivity index (χ3n) is 4.46. The molecule has 0 aliphatic rings. The first-order valence-corrected chi connectivity index (χ1v) is 9.89. The quantitative estimate of drug-likeness (QED) is 0.397. The predicted molar refractivity (Wildman–Crippen MR) is 118 cm³/mol. The van der Waals surface area contributed by atoms with Gasteiger partial charge in [0.1, 0.15) is 5.75 Å². The third kappa shape index (κ3) is 6.09. The maximum Gasteiger partial charge on any atom is 0.292 e. The molecule has 3 aromatic rings. The minimum absolute atomic E-state index is 0.0527. The molecular weight excluding hydrogens is 416 g/mol. The van der Waals surface area contributed by atoms with E-state index in [0.29, 0.717) is 23.6 Å². The van der Waals surface area contributed by atoms with Gasteiger partial charge in [-0.1, -0.05) is 35.5 Å². The lowest BCUT2D eigenvalue weighted by atomic mass is 10.2. The SMILES string of the molecule is Cc1c(C(=O)NNC(=S)NC(=O)c2ccc(OCCc3ccccc3)cc2)nnn1C. The van der Waals surface area contributed by atoms with Crippen molar-refractivity contribution >= 4 is 29.1 Å². The van der Waals surface area contributed by atoms with E-state index in [9.17, 15) is 9.59 Å². The summed E-state index contributed by atoms with van der Waals surface area (Å²) in [5.41, 5.74) is 7.20. The van der Waals surface area contributed by atoms with Gasteiger partial charge in [0, 0.05) is 19.0 Å². The highest BCUT2D eigenvalue weighted by atomic mass is 32.1. The topological polar surface area (TPSA) is 110 Å². The summed E-state index contributed by atoms with van der Waals surface area (Å²) in [6.45, 7) is 2.25. The van der Waals surface area contributed by atoms with Crippen LogP contribution in [0.25, 0.3) is 0 Å². The number of carbonyl (C=O) groups excluding carboxylic acids is 2. The van der Waals surface area contributed by atoms with Crippen LogP contribution in [-0.4, -0.2) is 38.5 Å². The molecule has 3 rings (SSSR count). The lowest BCUT2D eigenvalue weighted by Crippen LogP contribution is -2.48. The van der Waals surface area contributed by atoms with Gasteiger partial charge in [0.05, 0.1) is 12.3 Å². The van der Waals surface area contributed by atoms with Crippen molar-refractivity contribution in [1.82, 2.24) is 31.2 Å². The summed E-state index contributed by atoms with van der Waals surface area (Å²) in [5, 5.41) is 9.96. The van der Waals surface area contributed by atoms with Crippen LogP contribution in [0.5, 0.6) is 5.75 Å². The Morgan fingerprint density at radius 1 is 1.03 bits per heavy atom. The highest BCUT2D eigenvalue weighted by molar-refractivity contribution is 7.80. The lowest BCUT2D eigenvalue weighted by molar-refractivity contribution is 0.0929. The number of nitrogens with one attached hydrogen (secondary N) is 3. The number of aryl methyl sites for hydroxylation is 1. The summed E-state index contributed by atoms with van der Waals surface area (Å²) in [4.78, 5) is 24.4. The number of aromatic nitrogens is 3. The smallest absolute Gasteiger partial charge is 0.292 e. The van der Waals surface area contributed by atoms with Crippen LogP contribution in [0.3, 0.4) is 0 Å². The zero-order valence-electron chi connectivity index (χ0n) is 17.1. The molecule has 9 nitrogen and oxygen atoms in total. The van der Waals surface area contributed by atoms with E-state index in [1.807, 2.05) is 30.3 Å². The molecule has 10 heteroatoms. The number of carbonyl (C=O) groups is 2. The summed E-state index contributed by atoms with van der Waals surface area (Å²) in [7, 11) is 1.68. The van der Waals surface area contributed by atoms with Crippen LogP contribution in [0.15, 0.2) is 54.6 Å². The van der Waals surface area contributed by atoms with Gasteiger partial charge < -0.3 is 4.74 Å². The minimum atomic E-state index is -0.515. The van der Waals surface area contributed by atoms with Crippen LogP contribution >= 0.6 is 12.2 Å². The summed E-state index contributed by atoms with van der Waals surface area (Å²) in [5.74, 6) is -0.266. The molecule has 0 fully saturated rings. The highest BCUT2D eigenvalue weighted by Gasteiger charge is 2.15. The van der Waals surface area contributed by atoms with E-state index in [-0.39, 0.29) is 10.8 Å². The number of hydrogen-bond donors (Lipinski definition) is 3. The number of thiocarbonyl (C=S) groups is 1. The van der Waals surface area contributed by atoms with Gasteiger partial charge in [0.15, 0.2) is 10.8 Å². The van der Waals surface area contributed by atoms with E-state index >= 15 is 0 Å². The molecule has 0 spiro atoms. The van der Waals surface area contributed by atoms with Crippen molar-refractivity contribution in [2.24, 2.45) is 7.05 Å². The van der Waals surface area contributed by atoms with Crippen molar-refractivity contribution in [3.63, 3.8) is 0 Å². The lowest BCUT2D eigenvalue weighted by Gasteiger charge is -2.11. The number of rotatable bonds is 6. The second kappa shape index (κ2) is 10.3. The standard InChI is InChI=1S/C21H22N6O3S/c1-14-18(23-26-27(14)2)20(29)24-25-21(31)22-19(28)16-8-10-17(11-9-16)30-13-12-15-6-4-3-5-7-15/h3-11H,12-13H2,1-2H3,(H,24,29)(H2,22,25,28,31). The Morgan fingerprint density at radius 2 is 1.74 bits per heavy atom. The molecule has 160 valence electrons. The van der Waals surface area contributed by atoms with Gasteiger partial charge in [0.2, 0.25) is 0 Å². The molecule has 0 atom stereocenters. The number of benzene rings is 2. The van der Waals surface area contributed by atoms with Gasteiger partial charge in [-0.05, 0) is 49.0 Å². The first kappa shape index (κ1) is 21.9. The van der Waals surface area contributed by atoms with E-state index < -0.39 is 11.8 Å². The number of nitrogens with zero attached hydrogens (tertiary/aromatic N) is 3. The van der Waals surface area contributed by atoms with Gasteiger partial charge in [-0.2, -0.15) is 0 Å². The van der Waals surface area contributed by atoms with Crippen molar-refractivity contribution < 1.29 is 14.3 Å². The minimum Gasteiger partial charge on any atom is -0.493 e. The van der Waals surface area contributed by atoms with Crippen LogP contribution in [-0.2, 0) is 13.5 Å². The van der Waals surface area contributed by atoms with Crippen molar-refractivity contribution in [2.45, 2.75) is 13.3 Å². The molecule has 1 heterocycles. The van der Waals surface area contributed by atoms with Crippen LogP contribution in [0.1, 0.15) is 32.1 Å². The first-order valence-electron chi connectivity index (χ1n) is 9.49. The summed E-state index contributed by atoms with van der Waals surface area (Å²) < 4.78 is 7.19. The molecule has 0 saturated carbocycles.